The maximum atomic E-state index is 12.6. The van der Waals surface area contributed by atoms with Gasteiger partial charge in [-0.2, -0.15) is 9.90 Å². The summed E-state index contributed by atoms with van der Waals surface area (Å²) >= 11 is 6.01. The topological polar surface area (TPSA) is 77.6 Å². The van der Waals surface area contributed by atoms with Gasteiger partial charge in [-0.25, -0.2) is 4.98 Å². The van der Waals surface area contributed by atoms with Crippen LogP contribution in [-0.2, 0) is 0 Å². The zero-order chi connectivity index (χ0) is 18.8. The largest absolute Gasteiger partial charge is 0.321 e. The van der Waals surface area contributed by atoms with Crippen LogP contribution in [0.3, 0.4) is 0 Å². The molecule has 0 saturated heterocycles. The second kappa shape index (κ2) is 7.05. The number of nitrogens with one attached hydrogen (secondary N) is 1. The monoisotopic (exact) mass is 378 g/mol. The van der Waals surface area contributed by atoms with Crippen molar-refractivity contribution in [3.8, 4) is 11.4 Å². The standard InChI is InChI=1S/C19H15ClN6O/c1-13-18(24-26(23-13)17-4-2-3-14(20)11-17)19(27)22-15-5-7-16(8-6-15)25-10-9-21-12-25/h2-12H,1H3,(H,22,27). The number of benzene rings is 2. The SMILES string of the molecule is Cc1nn(-c2cccc(Cl)c2)nc1C(=O)Nc1ccc(-n2ccnc2)cc1. The first-order valence-corrected chi connectivity index (χ1v) is 8.57. The lowest BCUT2D eigenvalue weighted by Gasteiger charge is -2.06. The summed E-state index contributed by atoms with van der Waals surface area (Å²) in [4.78, 5) is 18.0. The first-order valence-electron chi connectivity index (χ1n) is 8.20. The third kappa shape index (κ3) is 3.58. The van der Waals surface area contributed by atoms with Gasteiger partial charge in [-0.05, 0) is 49.4 Å². The number of hydrogen-bond acceptors (Lipinski definition) is 4. The Morgan fingerprint density at radius 2 is 1.89 bits per heavy atom. The Morgan fingerprint density at radius 1 is 1.07 bits per heavy atom. The summed E-state index contributed by atoms with van der Waals surface area (Å²) in [6, 6.07) is 14.6. The Hall–Kier alpha value is -3.45. The van der Waals surface area contributed by atoms with E-state index in [4.69, 9.17) is 11.6 Å². The van der Waals surface area contributed by atoms with Crippen molar-refractivity contribution in [1.29, 1.82) is 0 Å². The molecule has 2 aromatic carbocycles. The predicted octanol–water partition coefficient (Wildman–Crippen LogP) is 3.67. The summed E-state index contributed by atoms with van der Waals surface area (Å²) in [5.74, 6) is -0.323. The molecule has 0 saturated carbocycles. The van der Waals surface area contributed by atoms with Crippen molar-refractivity contribution in [1.82, 2.24) is 24.5 Å². The highest BCUT2D eigenvalue weighted by molar-refractivity contribution is 6.30. The highest BCUT2D eigenvalue weighted by Gasteiger charge is 2.16. The van der Waals surface area contributed by atoms with Gasteiger partial charge in [0, 0.05) is 28.8 Å². The molecule has 0 radical (unpaired) electrons. The first kappa shape index (κ1) is 17.0. The van der Waals surface area contributed by atoms with Gasteiger partial charge < -0.3 is 9.88 Å². The maximum absolute atomic E-state index is 12.6. The van der Waals surface area contributed by atoms with Gasteiger partial charge in [0.25, 0.3) is 5.91 Å². The maximum Gasteiger partial charge on any atom is 0.278 e. The number of aromatic nitrogens is 5. The van der Waals surface area contributed by atoms with E-state index in [-0.39, 0.29) is 11.6 Å². The van der Waals surface area contributed by atoms with Crippen LogP contribution in [0.5, 0.6) is 0 Å². The number of aryl methyl sites for hydroxylation is 1. The van der Waals surface area contributed by atoms with E-state index in [0.717, 1.165) is 5.69 Å². The number of imidazole rings is 1. The number of amides is 1. The molecular formula is C19H15ClN6O. The van der Waals surface area contributed by atoms with E-state index in [9.17, 15) is 4.79 Å². The number of rotatable bonds is 4. The highest BCUT2D eigenvalue weighted by Crippen LogP contribution is 2.17. The fraction of sp³-hybridized carbons (Fsp3) is 0.0526. The lowest BCUT2D eigenvalue weighted by molar-refractivity contribution is 0.102. The number of hydrogen-bond donors (Lipinski definition) is 1. The summed E-state index contributed by atoms with van der Waals surface area (Å²) in [7, 11) is 0. The Morgan fingerprint density at radius 3 is 2.59 bits per heavy atom. The van der Waals surface area contributed by atoms with Gasteiger partial charge in [0.15, 0.2) is 5.69 Å². The molecule has 0 unspecified atom stereocenters. The van der Waals surface area contributed by atoms with E-state index >= 15 is 0 Å². The van der Waals surface area contributed by atoms with Crippen molar-refractivity contribution in [2.75, 3.05) is 5.32 Å². The normalized spacial score (nSPS) is 10.7. The van der Waals surface area contributed by atoms with E-state index < -0.39 is 0 Å². The third-order valence-corrected chi connectivity index (χ3v) is 4.20. The minimum absolute atomic E-state index is 0.258. The molecule has 0 aliphatic heterocycles. The van der Waals surface area contributed by atoms with Crippen molar-refractivity contribution >= 4 is 23.2 Å². The van der Waals surface area contributed by atoms with Gasteiger partial charge in [0.2, 0.25) is 0 Å². The van der Waals surface area contributed by atoms with Crippen LogP contribution in [0.1, 0.15) is 16.2 Å². The number of carbonyl (C=O) groups excluding carboxylic acids is 1. The molecule has 0 fully saturated rings. The molecule has 0 spiro atoms. The van der Waals surface area contributed by atoms with Crippen molar-refractivity contribution in [2.45, 2.75) is 6.92 Å². The molecule has 4 rings (SSSR count). The Labute approximate surface area is 160 Å². The van der Waals surface area contributed by atoms with Crippen molar-refractivity contribution in [2.24, 2.45) is 0 Å². The Bertz CT molecular complexity index is 1090. The molecule has 4 aromatic rings. The van der Waals surface area contributed by atoms with Crippen LogP contribution in [0.4, 0.5) is 5.69 Å². The molecule has 134 valence electrons. The molecule has 7 nitrogen and oxygen atoms in total. The van der Waals surface area contributed by atoms with E-state index in [1.807, 2.05) is 41.1 Å². The number of carbonyl (C=O) groups is 1. The van der Waals surface area contributed by atoms with Crippen LogP contribution in [0.15, 0.2) is 67.3 Å². The lowest BCUT2D eigenvalue weighted by atomic mass is 10.2. The number of nitrogens with zero attached hydrogens (tertiary/aromatic N) is 5. The second-order valence-electron chi connectivity index (χ2n) is 5.87. The molecular weight excluding hydrogens is 364 g/mol. The molecule has 0 bridgehead atoms. The van der Waals surface area contributed by atoms with Gasteiger partial charge in [0.1, 0.15) is 0 Å². The quantitative estimate of drug-likeness (QED) is 0.587. The average Bonchev–Trinajstić information content (AvgIpc) is 3.32. The molecule has 0 aliphatic carbocycles. The van der Waals surface area contributed by atoms with Crippen molar-refractivity contribution in [3.05, 3.63) is 83.7 Å². The first-order chi connectivity index (χ1) is 13.1. The Balaban J connectivity index is 1.53. The van der Waals surface area contributed by atoms with E-state index in [1.165, 1.54) is 4.80 Å². The summed E-state index contributed by atoms with van der Waals surface area (Å²) < 4.78 is 1.88. The van der Waals surface area contributed by atoms with Gasteiger partial charge in [-0.1, -0.05) is 17.7 Å². The molecule has 27 heavy (non-hydrogen) atoms. The van der Waals surface area contributed by atoms with Gasteiger partial charge in [-0.3, -0.25) is 4.79 Å². The van der Waals surface area contributed by atoms with Gasteiger partial charge >= 0.3 is 0 Å². The molecule has 0 atom stereocenters. The molecule has 8 heteroatoms. The van der Waals surface area contributed by atoms with Crippen molar-refractivity contribution in [3.63, 3.8) is 0 Å². The molecule has 2 aromatic heterocycles. The van der Waals surface area contributed by atoms with Crippen LogP contribution in [0.2, 0.25) is 5.02 Å². The highest BCUT2D eigenvalue weighted by atomic mass is 35.5. The van der Waals surface area contributed by atoms with Crippen molar-refractivity contribution < 1.29 is 4.79 Å². The van der Waals surface area contributed by atoms with Crippen LogP contribution >= 0.6 is 11.6 Å². The summed E-state index contributed by atoms with van der Waals surface area (Å²) in [5.41, 5.74) is 3.10. The van der Waals surface area contributed by atoms with Crippen LogP contribution < -0.4 is 5.32 Å². The summed E-state index contributed by atoms with van der Waals surface area (Å²) in [6.45, 7) is 1.74. The molecule has 2 heterocycles. The summed E-state index contributed by atoms with van der Waals surface area (Å²) in [5, 5.41) is 12.0. The van der Waals surface area contributed by atoms with Gasteiger partial charge in [-0.15, -0.1) is 5.10 Å². The fourth-order valence-electron chi connectivity index (χ4n) is 2.62. The van der Waals surface area contributed by atoms with Gasteiger partial charge in [0.05, 0.1) is 17.7 Å². The minimum atomic E-state index is -0.323. The van der Waals surface area contributed by atoms with E-state index in [0.29, 0.717) is 22.1 Å². The Kier molecular flexibility index (Phi) is 4.43. The van der Waals surface area contributed by atoms with Crippen LogP contribution in [0.25, 0.3) is 11.4 Å². The smallest absolute Gasteiger partial charge is 0.278 e. The number of halogens is 1. The fourth-order valence-corrected chi connectivity index (χ4v) is 2.81. The molecule has 1 N–H and O–H groups in total. The lowest BCUT2D eigenvalue weighted by Crippen LogP contribution is -2.14. The third-order valence-electron chi connectivity index (χ3n) is 3.96. The zero-order valence-electron chi connectivity index (χ0n) is 14.4. The second-order valence-corrected chi connectivity index (χ2v) is 6.31. The predicted molar refractivity (Wildman–Crippen MR) is 103 cm³/mol. The molecule has 0 aliphatic rings. The summed E-state index contributed by atoms with van der Waals surface area (Å²) in [6.07, 6.45) is 5.28. The van der Waals surface area contributed by atoms with Crippen LogP contribution in [0, 0.1) is 6.92 Å². The van der Waals surface area contributed by atoms with E-state index in [2.05, 4.69) is 20.5 Å². The molecule has 1 amide bonds. The van der Waals surface area contributed by atoms with Crippen LogP contribution in [-0.4, -0.2) is 30.5 Å². The number of anilines is 1. The zero-order valence-corrected chi connectivity index (χ0v) is 15.1. The van der Waals surface area contributed by atoms with E-state index in [1.54, 1.807) is 37.6 Å². The minimum Gasteiger partial charge on any atom is -0.321 e. The average molecular weight is 379 g/mol.